The quantitative estimate of drug-likeness (QED) is 0.673. The molecule has 0 atom stereocenters. The van der Waals surface area contributed by atoms with Crippen molar-refractivity contribution in [1.29, 1.82) is 0 Å². The Labute approximate surface area is 72.8 Å². The fourth-order valence-corrected chi connectivity index (χ4v) is 0.981. The molecule has 1 radical (unpaired) electrons. The van der Waals surface area contributed by atoms with Crippen LogP contribution >= 0.6 is 0 Å². The second-order valence-corrected chi connectivity index (χ2v) is 2.41. The summed E-state index contributed by atoms with van der Waals surface area (Å²) in [7, 11) is 0. The van der Waals surface area contributed by atoms with Crippen LogP contribution in [0, 0.1) is 17.9 Å². The van der Waals surface area contributed by atoms with Crippen LogP contribution in [0.1, 0.15) is 0 Å². The van der Waals surface area contributed by atoms with Gasteiger partial charge in [-0.25, -0.2) is 13.8 Å². The highest BCUT2D eigenvalue weighted by molar-refractivity contribution is 5.53. The molecule has 4 heteroatoms. The lowest BCUT2D eigenvalue weighted by atomic mass is 10.2. The van der Waals surface area contributed by atoms with Gasteiger partial charge in [0.1, 0.15) is 11.6 Å². The van der Waals surface area contributed by atoms with Crippen LogP contribution in [0.5, 0.6) is 0 Å². The molecular formula is C9H4F2NO. The van der Waals surface area contributed by atoms with E-state index in [2.05, 4.69) is 11.2 Å². The Hall–Kier alpha value is -1.71. The van der Waals surface area contributed by atoms with Gasteiger partial charge in [0.15, 0.2) is 6.26 Å². The van der Waals surface area contributed by atoms with E-state index in [1.54, 1.807) is 0 Å². The Morgan fingerprint density at radius 3 is 2.77 bits per heavy atom. The number of hydrogen-bond acceptors (Lipinski definition) is 2. The van der Waals surface area contributed by atoms with E-state index in [-0.39, 0.29) is 11.5 Å². The molecule has 65 valence electrons. The van der Waals surface area contributed by atoms with Crippen LogP contribution in [0.25, 0.3) is 11.5 Å². The Morgan fingerprint density at radius 2 is 2.15 bits per heavy atom. The molecule has 0 saturated carbocycles. The van der Waals surface area contributed by atoms with Crippen molar-refractivity contribution >= 4 is 0 Å². The van der Waals surface area contributed by atoms with E-state index in [9.17, 15) is 8.78 Å². The third-order valence-electron chi connectivity index (χ3n) is 1.55. The second kappa shape index (κ2) is 2.97. The molecule has 1 aromatic carbocycles. The van der Waals surface area contributed by atoms with Crippen molar-refractivity contribution in [3.8, 4) is 11.5 Å². The first kappa shape index (κ1) is 7.91. The minimum absolute atomic E-state index is 0.0949. The summed E-state index contributed by atoms with van der Waals surface area (Å²) in [6.45, 7) is 0. The summed E-state index contributed by atoms with van der Waals surface area (Å²) in [5.41, 5.74) is 0.127. The summed E-state index contributed by atoms with van der Waals surface area (Å²) in [5, 5.41) is 0. The molecule has 0 spiro atoms. The van der Waals surface area contributed by atoms with Crippen molar-refractivity contribution < 1.29 is 13.2 Å². The molecular weight excluding hydrogens is 176 g/mol. The van der Waals surface area contributed by atoms with E-state index in [1.807, 2.05) is 0 Å². The lowest BCUT2D eigenvalue weighted by Crippen LogP contribution is -1.85. The van der Waals surface area contributed by atoms with Gasteiger partial charge < -0.3 is 4.42 Å². The molecule has 0 bridgehead atoms. The van der Waals surface area contributed by atoms with Crippen molar-refractivity contribution in [1.82, 2.24) is 4.98 Å². The molecule has 0 aliphatic heterocycles. The van der Waals surface area contributed by atoms with E-state index in [1.165, 1.54) is 12.3 Å². The highest BCUT2D eigenvalue weighted by atomic mass is 19.1. The standard InChI is InChI=1S/C9H4F2NO/c10-6-1-2-7(8(11)5-6)9-12-3-4-13-9/h1-3,5H. The average molecular weight is 180 g/mol. The molecule has 2 nitrogen and oxygen atoms in total. The van der Waals surface area contributed by atoms with Gasteiger partial charge in [0, 0.05) is 6.07 Å². The second-order valence-electron chi connectivity index (χ2n) is 2.41. The maximum atomic E-state index is 13.1. The minimum atomic E-state index is -0.698. The lowest BCUT2D eigenvalue weighted by molar-refractivity contribution is 0.549. The smallest absolute Gasteiger partial charge is 0.229 e. The van der Waals surface area contributed by atoms with Crippen LogP contribution in [0.15, 0.2) is 28.8 Å². The molecule has 1 aromatic heterocycles. The van der Waals surface area contributed by atoms with E-state index in [4.69, 9.17) is 4.42 Å². The third kappa shape index (κ3) is 1.42. The van der Waals surface area contributed by atoms with Gasteiger partial charge in [0.25, 0.3) is 0 Å². The molecule has 2 rings (SSSR count). The van der Waals surface area contributed by atoms with E-state index < -0.39 is 11.6 Å². The van der Waals surface area contributed by atoms with Gasteiger partial charge in [-0.1, -0.05) is 0 Å². The zero-order chi connectivity index (χ0) is 9.26. The predicted molar refractivity (Wildman–Crippen MR) is 40.7 cm³/mol. The molecule has 1 heterocycles. The zero-order valence-electron chi connectivity index (χ0n) is 6.42. The topological polar surface area (TPSA) is 26.0 Å². The Morgan fingerprint density at radius 1 is 1.31 bits per heavy atom. The largest absolute Gasteiger partial charge is 0.433 e. The first-order chi connectivity index (χ1) is 6.27. The molecule has 0 aliphatic carbocycles. The molecule has 0 saturated heterocycles. The summed E-state index contributed by atoms with van der Waals surface area (Å²) in [6, 6.07) is 3.19. The summed E-state index contributed by atoms with van der Waals surface area (Å²) in [5.74, 6) is -1.23. The van der Waals surface area contributed by atoms with Crippen LogP contribution in [0.2, 0.25) is 0 Å². The monoisotopic (exact) mass is 180 g/mol. The summed E-state index contributed by atoms with van der Waals surface area (Å²) >= 11 is 0. The predicted octanol–water partition coefficient (Wildman–Crippen LogP) is 2.42. The van der Waals surface area contributed by atoms with Gasteiger partial charge >= 0.3 is 0 Å². The van der Waals surface area contributed by atoms with Gasteiger partial charge in [-0.3, -0.25) is 0 Å². The molecule has 13 heavy (non-hydrogen) atoms. The molecule has 0 unspecified atom stereocenters. The first-order valence-corrected chi connectivity index (χ1v) is 3.54. The van der Waals surface area contributed by atoms with Crippen LogP contribution in [0.4, 0.5) is 8.78 Å². The fourth-order valence-electron chi connectivity index (χ4n) is 0.981. The maximum absolute atomic E-state index is 13.1. The highest BCUT2D eigenvalue weighted by Gasteiger charge is 2.09. The molecule has 2 aromatic rings. The third-order valence-corrected chi connectivity index (χ3v) is 1.55. The first-order valence-electron chi connectivity index (χ1n) is 3.54. The fraction of sp³-hybridized carbons (Fsp3) is 0. The van der Waals surface area contributed by atoms with Crippen molar-refractivity contribution in [3.63, 3.8) is 0 Å². The van der Waals surface area contributed by atoms with Crippen molar-refractivity contribution in [2.24, 2.45) is 0 Å². The summed E-state index contributed by atoms with van der Waals surface area (Å²) in [6.07, 6.45) is 3.60. The van der Waals surface area contributed by atoms with Crippen molar-refractivity contribution in [3.05, 3.63) is 42.3 Å². The average Bonchev–Trinajstić information content (AvgIpc) is 2.56. The van der Waals surface area contributed by atoms with Crippen molar-refractivity contribution in [2.45, 2.75) is 0 Å². The maximum Gasteiger partial charge on any atom is 0.229 e. The molecule has 0 amide bonds. The molecule has 0 aliphatic rings. The zero-order valence-corrected chi connectivity index (χ0v) is 6.42. The number of nitrogens with zero attached hydrogens (tertiary/aromatic N) is 1. The van der Waals surface area contributed by atoms with Gasteiger partial charge in [-0.2, -0.15) is 0 Å². The van der Waals surface area contributed by atoms with E-state index >= 15 is 0 Å². The van der Waals surface area contributed by atoms with E-state index in [0.717, 1.165) is 12.1 Å². The number of hydrogen-bond donors (Lipinski definition) is 0. The van der Waals surface area contributed by atoms with Crippen LogP contribution in [-0.2, 0) is 0 Å². The Bertz CT molecular complexity index is 412. The van der Waals surface area contributed by atoms with Gasteiger partial charge in [0.2, 0.25) is 5.89 Å². The van der Waals surface area contributed by atoms with Gasteiger partial charge in [0.05, 0.1) is 11.8 Å². The number of aromatic nitrogens is 1. The van der Waals surface area contributed by atoms with Crippen LogP contribution < -0.4 is 0 Å². The minimum Gasteiger partial charge on any atom is -0.433 e. The Kier molecular flexibility index (Phi) is 1.81. The Balaban J connectivity index is 2.53. The number of benzene rings is 1. The number of oxazole rings is 1. The van der Waals surface area contributed by atoms with E-state index in [0.29, 0.717) is 0 Å². The van der Waals surface area contributed by atoms with Crippen LogP contribution in [0.3, 0.4) is 0 Å². The van der Waals surface area contributed by atoms with Gasteiger partial charge in [-0.15, -0.1) is 0 Å². The van der Waals surface area contributed by atoms with Gasteiger partial charge in [-0.05, 0) is 12.1 Å². The SMILES string of the molecule is Fc1ccc(-c2nc[c]o2)c(F)c1. The lowest BCUT2D eigenvalue weighted by Gasteiger charge is -1.96. The summed E-state index contributed by atoms with van der Waals surface area (Å²) < 4.78 is 30.3. The molecule has 0 fully saturated rings. The van der Waals surface area contributed by atoms with Crippen LogP contribution in [-0.4, -0.2) is 4.98 Å². The molecule has 0 N–H and O–H groups in total. The summed E-state index contributed by atoms with van der Waals surface area (Å²) in [4.78, 5) is 3.69. The normalized spacial score (nSPS) is 10.3. The highest BCUT2D eigenvalue weighted by Crippen LogP contribution is 2.20. The van der Waals surface area contributed by atoms with Crippen molar-refractivity contribution in [2.75, 3.05) is 0 Å². The number of rotatable bonds is 1. The number of halogens is 2.